The van der Waals surface area contributed by atoms with Crippen LogP contribution in [0.15, 0.2) is 48.5 Å². The molecule has 0 atom stereocenters. The molecule has 0 saturated carbocycles. The molecule has 0 bridgehead atoms. The van der Waals surface area contributed by atoms with Gasteiger partial charge in [-0.25, -0.2) is 4.68 Å². The van der Waals surface area contributed by atoms with Crippen molar-refractivity contribution in [3.63, 3.8) is 0 Å². The number of aromatic nitrogens is 2. The molecule has 2 aromatic carbocycles. The van der Waals surface area contributed by atoms with Crippen LogP contribution in [-0.2, 0) is 12.8 Å². The van der Waals surface area contributed by atoms with E-state index in [1.807, 2.05) is 28.9 Å². The Bertz CT molecular complexity index is 833. The van der Waals surface area contributed by atoms with Gasteiger partial charge in [-0.2, -0.15) is 5.10 Å². The van der Waals surface area contributed by atoms with Crippen molar-refractivity contribution in [3.05, 3.63) is 59.8 Å². The standard InChI is InChI=1S/C19H18N2O2/c22-15-9-5-13(6-10-15)19-17-3-1-2-4-18(17)20-21(19)14-7-11-16(23)12-8-14/h5-12,22-23H,1-4H2. The quantitative estimate of drug-likeness (QED) is 0.756. The second-order valence-electron chi connectivity index (χ2n) is 5.96. The first-order valence-corrected chi connectivity index (χ1v) is 7.92. The number of benzene rings is 2. The molecule has 1 aliphatic carbocycles. The maximum atomic E-state index is 9.56. The van der Waals surface area contributed by atoms with Crippen molar-refractivity contribution in [1.29, 1.82) is 0 Å². The number of phenolic OH excluding ortho intramolecular Hbond substituents is 2. The van der Waals surface area contributed by atoms with Gasteiger partial charge in [-0.3, -0.25) is 0 Å². The lowest BCUT2D eigenvalue weighted by molar-refractivity contribution is 0.474. The second-order valence-corrected chi connectivity index (χ2v) is 5.96. The van der Waals surface area contributed by atoms with Gasteiger partial charge >= 0.3 is 0 Å². The number of hydrogen-bond donors (Lipinski definition) is 2. The fraction of sp³-hybridized carbons (Fsp3) is 0.211. The Morgan fingerprint density at radius 3 is 2.09 bits per heavy atom. The van der Waals surface area contributed by atoms with E-state index < -0.39 is 0 Å². The van der Waals surface area contributed by atoms with E-state index in [1.165, 1.54) is 18.4 Å². The van der Waals surface area contributed by atoms with Crippen LogP contribution in [-0.4, -0.2) is 20.0 Å². The van der Waals surface area contributed by atoms with Crippen molar-refractivity contribution in [3.8, 4) is 28.4 Å². The topological polar surface area (TPSA) is 58.3 Å². The van der Waals surface area contributed by atoms with Crippen LogP contribution in [0.1, 0.15) is 24.1 Å². The fourth-order valence-corrected chi connectivity index (χ4v) is 3.25. The molecule has 0 unspecified atom stereocenters. The van der Waals surface area contributed by atoms with Crippen molar-refractivity contribution in [2.24, 2.45) is 0 Å². The molecule has 23 heavy (non-hydrogen) atoms. The molecule has 4 rings (SSSR count). The summed E-state index contributed by atoms with van der Waals surface area (Å²) in [7, 11) is 0. The van der Waals surface area contributed by atoms with Gasteiger partial charge in [0.15, 0.2) is 0 Å². The summed E-state index contributed by atoms with van der Waals surface area (Å²) in [6, 6.07) is 14.4. The van der Waals surface area contributed by atoms with Gasteiger partial charge < -0.3 is 10.2 Å². The van der Waals surface area contributed by atoms with Crippen LogP contribution in [0.2, 0.25) is 0 Å². The first kappa shape index (κ1) is 13.9. The molecule has 0 spiro atoms. The molecule has 1 aliphatic rings. The van der Waals surface area contributed by atoms with E-state index in [2.05, 4.69) is 0 Å². The summed E-state index contributed by atoms with van der Waals surface area (Å²) in [6.45, 7) is 0. The number of hydrogen-bond acceptors (Lipinski definition) is 3. The van der Waals surface area contributed by atoms with Crippen LogP contribution in [0.4, 0.5) is 0 Å². The van der Waals surface area contributed by atoms with Gasteiger partial charge in [-0.1, -0.05) is 0 Å². The predicted molar refractivity (Wildman–Crippen MR) is 89.0 cm³/mol. The van der Waals surface area contributed by atoms with E-state index in [0.29, 0.717) is 0 Å². The number of rotatable bonds is 2. The van der Waals surface area contributed by atoms with E-state index in [-0.39, 0.29) is 11.5 Å². The summed E-state index contributed by atoms with van der Waals surface area (Å²) in [4.78, 5) is 0. The molecule has 0 aliphatic heterocycles. The molecule has 4 heteroatoms. The summed E-state index contributed by atoms with van der Waals surface area (Å²) < 4.78 is 1.96. The lowest BCUT2D eigenvalue weighted by Crippen LogP contribution is -2.01. The first-order valence-electron chi connectivity index (χ1n) is 7.92. The summed E-state index contributed by atoms with van der Waals surface area (Å²) in [6.07, 6.45) is 4.39. The molecule has 2 N–H and O–H groups in total. The van der Waals surface area contributed by atoms with Crippen LogP contribution in [0.3, 0.4) is 0 Å². The number of phenols is 2. The van der Waals surface area contributed by atoms with Crippen molar-refractivity contribution in [1.82, 2.24) is 9.78 Å². The second kappa shape index (κ2) is 5.47. The van der Waals surface area contributed by atoms with Crippen LogP contribution in [0.25, 0.3) is 16.9 Å². The van der Waals surface area contributed by atoms with Crippen LogP contribution in [0.5, 0.6) is 11.5 Å². The van der Waals surface area contributed by atoms with Crippen molar-refractivity contribution in [2.45, 2.75) is 25.7 Å². The van der Waals surface area contributed by atoms with Gasteiger partial charge in [-0.15, -0.1) is 0 Å². The maximum absolute atomic E-state index is 9.56. The van der Waals surface area contributed by atoms with Gasteiger partial charge in [0.2, 0.25) is 0 Å². The van der Waals surface area contributed by atoms with E-state index in [1.54, 1.807) is 24.3 Å². The van der Waals surface area contributed by atoms with Gasteiger partial charge in [0, 0.05) is 11.1 Å². The minimum atomic E-state index is 0.247. The molecule has 116 valence electrons. The van der Waals surface area contributed by atoms with Crippen molar-refractivity contribution < 1.29 is 10.2 Å². The normalized spacial score (nSPS) is 13.7. The zero-order valence-electron chi connectivity index (χ0n) is 12.7. The largest absolute Gasteiger partial charge is 0.508 e. The predicted octanol–water partition coefficient (Wildman–Crippen LogP) is 3.83. The van der Waals surface area contributed by atoms with Crippen molar-refractivity contribution >= 4 is 0 Å². The zero-order valence-corrected chi connectivity index (χ0v) is 12.7. The molecule has 0 saturated heterocycles. The third-order valence-electron chi connectivity index (χ3n) is 4.39. The highest BCUT2D eigenvalue weighted by atomic mass is 16.3. The van der Waals surface area contributed by atoms with Crippen LogP contribution < -0.4 is 0 Å². The third kappa shape index (κ3) is 2.46. The minimum Gasteiger partial charge on any atom is -0.508 e. The Morgan fingerprint density at radius 1 is 0.783 bits per heavy atom. The number of nitrogens with zero attached hydrogens (tertiary/aromatic N) is 2. The molecular weight excluding hydrogens is 288 g/mol. The smallest absolute Gasteiger partial charge is 0.115 e. The fourth-order valence-electron chi connectivity index (χ4n) is 3.25. The minimum absolute atomic E-state index is 0.247. The van der Waals surface area contributed by atoms with Gasteiger partial charge in [0.25, 0.3) is 0 Å². The summed E-state index contributed by atoms with van der Waals surface area (Å²) >= 11 is 0. The average molecular weight is 306 g/mol. The van der Waals surface area contributed by atoms with Crippen LogP contribution >= 0.6 is 0 Å². The molecule has 0 fully saturated rings. The molecule has 1 aromatic heterocycles. The van der Waals surface area contributed by atoms with E-state index in [9.17, 15) is 10.2 Å². The highest BCUT2D eigenvalue weighted by molar-refractivity contribution is 5.68. The van der Waals surface area contributed by atoms with Gasteiger partial charge in [0.05, 0.1) is 17.1 Å². The Balaban J connectivity index is 1.93. The molecule has 3 aromatic rings. The zero-order chi connectivity index (χ0) is 15.8. The van der Waals surface area contributed by atoms with Crippen molar-refractivity contribution in [2.75, 3.05) is 0 Å². The lowest BCUT2D eigenvalue weighted by atomic mass is 9.93. The highest BCUT2D eigenvalue weighted by Gasteiger charge is 2.22. The summed E-state index contributed by atoms with van der Waals surface area (Å²) in [5.74, 6) is 0.509. The monoisotopic (exact) mass is 306 g/mol. The SMILES string of the molecule is Oc1ccc(-c2c3c(nn2-c2ccc(O)cc2)CCCC3)cc1. The summed E-state index contributed by atoms with van der Waals surface area (Å²) in [5, 5.41) is 23.9. The van der Waals surface area contributed by atoms with Gasteiger partial charge in [-0.05, 0) is 74.2 Å². The number of aromatic hydroxyl groups is 2. The van der Waals surface area contributed by atoms with E-state index in [4.69, 9.17) is 5.10 Å². The number of aryl methyl sites for hydroxylation is 1. The molecular formula is C19H18N2O2. The Morgan fingerprint density at radius 2 is 1.39 bits per heavy atom. The Kier molecular flexibility index (Phi) is 3.30. The highest BCUT2D eigenvalue weighted by Crippen LogP contribution is 2.34. The van der Waals surface area contributed by atoms with Gasteiger partial charge in [0.1, 0.15) is 11.5 Å². The molecule has 4 nitrogen and oxygen atoms in total. The molecule has 1 heterocycles. The Labute approximate surface area is 134 Å². The molecule has 0 amide bonds. The first-order chi connectivity index (χ1) is 11.2. The summed E-state index contributed by atoms with van der Waals surface area (Å²) in [5.41, 5.74) is 5.53. The molecule has 0 radical (unpaired) electrons. The maximum Gasteiger partial charge on any atom is 0.115 e. The lowest BCUT2D eigenvalue weighted by Gasteiger charge is -2.12. The third-order valence-corrected chi connectivity index (χ3v) is 4.39. The Hall–Kier alpha value is -2.75. The van der Waals surface area contributed by atoms with E-state index >= 15 is 0 Å². The van der Waals surface area contributed by atoms with E-state index in [0.717, 1.165) is 35.5 Å². The number of fused-ring (bicyclic) bond motifs is 1. The van der Waals surface area contributed by atoms with Crippen LogP contribution in [0, 0.1) is 0 Å². The average Bonchev–Trinajstić information content (AvgIpc) is 2.96.